The number of nitrogens with zero attached hydrogens (tertiary/aromatic N) is 4. The second kappa shape index (κ2) is 9.19. The number of benzene rings is 2. The highest BCUT2D eigenvalue weighted by Gasteiger charge is 2.16. The van der Waals surface area contributed by atoms with Crippen molar-refractivity contribution in [2.24, 2.45) is 0 Å². The summed E-state index contributed by atoms with van der Waals surface area (Å²) in [7, 11) is 0. The van der Waals surface area contributed by atoms with Crippen molar-refractivity contribution < 1.29 is 9.18 Å². The van der Waals surface area contributed by atoms with E-state index in [2.05, 4.69) is 15.5 Å². The second-order valence-electron chi connectivity index (χ2n) is 8.12. The summed E-state index contributed by atoms with van der Waals surface area (Å²) in [6.45, 7) is 8.65. The SMILES string of the molecule is Cc1nn(Cc2ccc(C(=O)Nc3c(C)nn(Cc4ccc(F)cc4)c3C)cc2)c(C)c1Cl. The molecule has 0 radical (unpaired) electrons. The minimum absolute atomic E-state index is 0.205. The van der Waals surface area contributed by atoms with Crippen LogP contribution in [0.25, 0.3) is 0 Å². The van der Waals surface area contributed by atoms with Gasteiger partial charge < -0.3 is 5.32 Å². The standard InChI is InChI=1S/C25H25ClFN5O/c1-15-23(26)17(3)31(29-15)13-19-5-9-21(10-6-19)25(33)28-24-16(2)30-32(18(24)4)14-20-7-11-22(27)12-8-20/h5-12H,13-14H2,1-4H3,(H,28,33). The van der Waals surface area contributed by atoms with Crippen molar-refractivity contribution in [1.29, 1.82) is 0 Å². The fourth-order valence-corrected chi connectivity index (χ4v) is 3.88. The summed E-state index contributed by atoms with van der Waals surface area (Å²) < 4.78 is 16.8. The molecule has 33 heavy (non-hydrogen) atoms. The van der Waals surface area contributed by atoms with Gasteiger partial charge in [0.05, 0.1) is 46.6 Å². The highest BCUT2D eigenvalue weighted by Crippen LogP contribution is 2.22. The number of hydrogen-bond donors (Lipinski definition) is 1. The van der Waals surface area contributed by atoms with Crippen LogP contribution in [0, 0.1) is 33.5 Å². The van der Waals surface area contributed by atoms with Crippen molar-refractivity contribution in [2.45, 2.75) is 40.8 Å². The van der Waals surface area contributed by atoms with Gasteiger partial charge in [0.25, 0.3) is 5.91 Å². The normalized spacial score (nSPS) is 11.1. The lowest BCUT2D eigenvalue weighted by molar-refractivity contribution is 0.102. The second-order valence-corrected chi connectivity index (χ2v) is 8.50. The molecule has 4 aromatic rings. The van der Waals surface area contributed by atoms with E-state index >= 15 is 0 Å². The Kier molecular flexibility index (Phi) is 6.33. The third kappa shape index (κ3) is 4.83. The molecule has 2 aromatic carbocycles. The number of halogens is 2. The van der Waals surface area contributed by atoms with E-state index in [1.54, 1.807) is 28.9 Å². The topological polar surface area (TPSA) is 64.7 Å². The predicted molar refractivity (Wildman–Crippen MR) is 127 cm³/mol. The number of hydrogen-bond acceptors (Lipinski definition) is 3. The van der Waals surface area contributed by atoms with Crippen LogP contribution in [0.4, 0.5) is 10.1 Å². The molecule has 0 aliphatic carbocycles. The zero-order chi connectivity index (χ0) is 23.7. The molecule has 1 amide bonds. The van der Waals surface area contributed by atoms with E-state index < -0.39 is 0 Å². The first-order valence-electron chi connectivity index (χ1n) is 10.6. The lowest BCUT2D eigenvalue weighted by Crippen LogP contribution is -2.13. The molecular weight excluding hydrogens is 441 g/mol. The average molecular weight is 466 g/mol. The van der Waals surface area contributed by atoms with Gasteiger partial charge in [-0.1, -0.05) is 35.9 Å². The summed E-state index contributed by atoms with van der Waals surface area (Å²) in [6, 6.07) is 13.7. The first-order valence-corrected chi connectivity index (χ1v) is 11.0. The molecule has 2 heterocycles. The molecule has 2 aromatic heterocycles. The van der Waals surface area contributed by atoms with Crippen molar-refractivity contribution in [3.05, 3.63) is 98.8 Å². The maximum Gasteiger partial charge on any atom is 0.255 e. The number of nitrogens with one attached hydrogen (secondary N) is 1. The van der Waals surface area contributed by atoms with Gasteiger partial charge in [0.15, 0.2) is 0 Å². The molecule has 1 N–H and O–H groups in total. The van der Waals surface area contributed by atoms with Gasteiger partial charge in [-0.2, -0.15) is 10.2 Å². The monoisotopic (exact) mass is 465 g/mol. The van der Waals surface area contributed by atoms with E-state index in [1.807, 2.05) is 44.5 Å². The quantitative estimate of drug-likeness (QED) is 0.411. The highest BCUT2D eigenvalue weighted by atomic mass is 35.5. The van der Waals surface area contributed by atoms with Gasteiger partial charge in [0, 0.05) is 5.56 Å². The smallest absolute Gasteiger partial charge is 0.255 e. The molecule has 0 aliphatic rings. The predicted octanol–water partition coefficient (Wildman–Crippen LogP) is 5.45. The summed E-state index contributed by atoms with van der Waals surface area (Å²) in [6.07, 6.45) is 0. The van der Waals surface area contributed by atoms with Gasteiger partial charge >= 0.3 is 0 Å². The first-order chi connectivity index (χ1) is 15.7. The summed E-state index contributed by atoms with van der Waals surface area (Å²) in [5.41, 5.74) is 6.46. The maximum absolute atomic E-state index is 13.2. The Hall–Kier alpha value is -3.45. The molecule has 170 valence electrons. The molecule has 0 aliphatic heterocycles. The minimum atomic E-state index is -0.273. The van der Waals surface area contributed by atoms with Gasteiger partial charge in [0.1, 0.15) is 5.82 Å². The fraction of sp³-hybridized carbons (Fsp3) is 0.240. The summed E-state index contributed by atoms with van der Waals surface area (Å²) in [5.74, 6) is -0.479. The van der Waals surface area contributed by atoms with Crippen molar-refractivity contribution in [3.8, 4) is 0 Å². The van der Waals surface area contributed by atoms with Gasteiger partial charge in [0.2, 0.25) is 0 Å². The molecule has 0 saturated carbocycles. The molecule has 0 unspecified atom stereocenters. The molecular formula is C25H25ClFN5O. The van der Waals surface area contributed by atoms with Crippen LogP contribution in [-0.2, 0) is 13.1 Å². The number of carbonyl (C=O) groups is 1. The van der Waals surface area contributed by atoms with Crippen LogP contribution in [-0.4, -0.2) is 25.5 Å². The lowest BCUT2D eigenvalue weighted by atomic mass is 10.1. The van der Waals surface area contributed by atoms with E-state index in [0.29, 0.717) is 29.4 Å². The number of rotatable bonds is 6. The van der Waals surface area contributed by atoms with Crippen LogP contribution in [0.3, 0.4) is 0 Å². The number of aromatic nitrogens is 4. The Morgan fingerprint density at radius 2 is 1.36 bits per heavy atom. The fourth-order valence-electron chi connectivity index (χ4n) is 3.74. The van der Waals surface area contributed by atoms with Crippen molar-refractivity contribution >= 4 is 23.2 Å². The number of anilines is 1. The van der Waals surface area contributed by atoms with Crippen LogP contribution in [0.1, 0.15) is 44.3 Å². The van der Waals surface area contributed by atoms with Crippen LogP contribution in [0.5, 0.6) is 0 Å². The van der Waals surface area contributed by atoms with Crippen LogP contribution >= 0.6 is 11.6 Å². The van der Waals surface area contributed by atoms with E-state index in [9.17, 15) is 9.18 Å². The number of amides is 1. The molecule has 0 spiro atoms. The van der Waals surface area contributed by atoms with Crippen molar-refractivity contribution in [3.63, 3.8) is 0 Å². The molecule has 6 nitrogen and oxygen atoms in total. The average Bonchev–Trinajstić information content (AvgIpc) is 3.19. The van der Waals surface area contributed by atoms with Gasteiger partial charge in [-0.05, 0) is 63.1 Å². The Labute approximate surface area is 197 Å². The largest absolute Gasteiger partial charge is 0.319 e. The van der Waals surface area contributed by atoms with Gasteiger partial charge in [-0.15, -0.1) is 0 Å². The minimum Gasteiger partial charge on any atom is -0.319 e. The van der Waals surface area contributed by atoms with Crippen LogP contribution in [0.15, 0.2) is 48.5 Å². The molecule has 0 atom stereocenters. The molecule has 8 heteroatoms. The number of carbonyl (C=O) groups excluding carboxylic acids is 1. The number of aryl methyl sites for hydroxylation is 2. The lowest BCUT2D eigenvalue weighted by Gasteiger charge is -2.09. The third-order valence-electron chi connectivity index (χ3n) is 5.71. The molecule has 0 bridgehead atoms. The van der Waals surface area contributed by atoms with E-state index in [-0.39, 0.29) is 11.7 Å². The van der Waals surface area contributed by atoms with Crippen LogP contribution in [0.2, 0.25) is 5.02 Å². The maximum atomic E-state index is 13.2. The van der Waals surface area contributed by atoms with Crippen molar-refractivity contribution in [1.82, 2.24) is 19.6 Å². The molecule has 4 rings (SSSR count). The van der Waals surface area contributed by atoms with Crippen LogP contribution < -0.4 is 5.32 Å². The summed E-state index contributed by atoms with van der Waals surface area (Å²) in [5, 5.41) is 12.7. The summed E-state index contributed by atoms with van der Waals surface area (Å²) in [4.78, 5) is 12.9. The van der Waals surface area contributed by atoms with E-state index in [0.717, 1.165) is 33.9 Å². The zero-order valence-corrected chi connectivity index (χ0v) is 19.7. The molecule has 0 fully saturated rings. The third-order valence-corrected chi connectivity index (χ3v) is 6.25. The van der Waals surface area contributed by atoms with E-state index in [4.69, 9.17) is 11.6 Å². The first kappa shape index (κ1) is 22.7. The van der Waals surface area contributed by atoms with Gasteiger partial charge in [-0.3, -0.25) is 14.2 Å². The zero-order valence-electron chi connectivity index (χ0n) is 19.0. The summed E-state index contributed by atoms with van der Waals surface area (Å²) >= 11 is 6.23. The Morgan fingerprint density at radius 1 is 0.848 bits per heavy atom. The van der Waals surface area contributed by atoms with Gasteiger partial charge in [-0.25, -0.2) is 4.39 Å². The van der Waals surface area contributed by atoms with E-state index in [1.165, 1.54) is 12.1 Å². The Balaban J connectivity index is 1.46. The highest BCUT2D eigenvalue weighted by molar-refractivity contribution is 6.31. The molecule has 0 saturated heterocycles. The Morgan fingerprint density at radius 3 is 1.91 bits per heavy atom. The van der Waals surface area contributed by atoms with Crippen molar-refractivity contribution in [2.75, 3.05) is 5.32 Å². The Bertz CT molecular complexity index is 1310.